The van der Waals surface area contributed by atoms with Crippen molar-refractivity contribution in [1.82, 2.24) is 14.3 Å². The van der Waals surface area contributed by atoms with Crippen LogP contribution < -0.4 is 4.74 Å². The maximum absolute atomic E-state index is 5.56. The summed E-state index contributed by atoms with van der Waals surface area (Å²) in [5.74, 6) is 0.154. The summed E-state index contributed by atoms with van der Waals surface area (Å²) in [5.41, 5.74) is 0.329. The highest BCUT2D eigenvalue weighted by Crippen LogP contribution is 2.38. The fraction of sp³-hybridized carbons (Fsp3) is 0.364. The van der Waals surface area contributed by atoms with Gasteiger partial charge in [0, 0.05) is 11.5 Å². The zero-order chi connectivity index (χ0) is 17.7. The van der Waals surface area contributed by atoms with Crippen LogP contribution in [0.1, 0.15) is 18.4 Å². The minimum Gasteiger partial charge on any atom is -0.469 e. The lowest BCUT2D eigenvalue weighted by Gasteiger charge is -2.08. The van der Waals surface area contributed by atoms with E-state index in [0.29, 0.717) is 22.6 Å². The van der Waals surface area contributed by atoms with Gasteiger partial charge in [-0.15, -0.1) is 0 Å². The van der Waals surface area contributed by atoms with Gasteiger partial charge in [0.15, 0.2) is 5.82 Å². The van der Waals surface area contributed by atoms with E-state index >= 15 is 0 Å². The quantitative estimate of drug-likeness (QED) is 0.374. The number of alkyl halides is 6. The molecule has 0 atom stereocenters. The van der Waals surface area contributed by atoms with E-state index in [-0.39, 0.29) is 5.82 Å². The van der Waals surface area contributed by atoms with E-state index in [0.717, 1.165) is 11.5 Å². The third kappa shape index (κ3) is 7.97. The van der Waals surface area contributed by atoms with Gasteiger partial charge in [0.1, 0.15) is 5.15 Å². The summed E-state index contributed by atoms with van der Waals surface area (Å²) < 4.78 is 5.81. The Morgan fingerprint density at radius 2 is 1.70 bits per heavy atom. The molecule has 0 N–H and O–H groups in total. The van der Waals surface area contributed by atoms with E-state index in [1.54, 1.807) is 18.2 Å². The molecule has 0 bridgehead atoms. The first-order chi connectivity index (χ1) is 10.5. The van der Waals surface area contributed by atoms with Crippen molar-refractivity contribution in [1.29, 1.82) is 0 Å². The second kappa shape index (κ2) is 9.30. The summed E-state index contributed by atoms with van der Waals surface area (Å²) in [6, 6.07) is 4.88. The van der Waals surface area contributed by atoms with Crippen LogP contribution in [0.2, 0.25) is 5.15 Å². The summed E-state index contributed by atoms with van der Waals surface area (Å²) >= 11 is 39.8. The zero-order valence-corrected chi connectivity index (χ0v) is 17.4. The van der Waals surface area contributed by atoms with Crippen LogP contribution in [0.3, 0.4) is 0 Å². The average molecular weight is 478 g/mol. The number of aromatic nitrogens is 3. The minimum atomic E-state index is -1.56. The predicted molar refractivity (Wildman–Crippen MR) is 98.8 cm³/mol. The van der Waals surface area contributed by atoms with Gasteiger partial charge in [0.05, 0.1) is 12.3 Å². The van der Waals surface area contributed by atoms with Gasteiger partial charge >= 0.3 is 0 Å². The third-order valence-electron chi connectivity index (χ3n) is 1.93. The van der Waals surface area contributed by atoms with Crippen LogP contribution in [-0.2, 0) is 7.59 Å². The van der Waals surface area contributed by atoms with Crippen LogP contribution in [0.25, 0.3) is 0 Å². The molecule has 2 aromatic rings. The molecule has 0 saturated carbocycles. The predicted octanol–water partition coefficient (Wildman–Crippen LogP) is 6.33. The molecule has 0 aliphatic carbocycles. The summed E-state index contributed by atoms with van der Waals surface area (Å²) in [4.78, 5) is 7.67. The highest BCUT2D eigenvalue weighted by molar-refractivity contribution is 7.07. The summed E-state index contributed by atoms with van der Waals surface area (Å²) in [6.07, 6.45) is 0. The minimum absolute atomic E-state index is 0.154. The molecule has 23 heavy (non-hydrogen) atoms. The molecule has 2 rings (SSSR count). The van der Waals surface area contributed by atoms with Crippen molar-refractivity contribution < 1.29 is 4.74 Å². The Balaban J connectivity index is 0.000000231. The normalized spacial score (nSPS) is 11.7. The van der Waals surface area contributed by atoms with E-state index in [4.69, 9.17) is 85.9 Å². The number of hydrogen-bond acceptors (Lipinski definition) is 5. The first-order valence-corrected chi connectivity index (χ1v) is 9.19. The molecule has 12 heteroatoms. The van der Waals surface area contributed by atoms with Crippen LogP contribution in [0, 0.1) is 0 Å². The smallest absolute Gasteiger partial charge is 0.293 e. The maximum atomic E-state index is 5.56. The van der Waals surface area contributed by atoms with Gasteiger partial charge < -0.3 is 4.74 Å². The van der Waals surface area contributed by atoms with Gasteiger partial charge in [-0.3, -0.25) is 0 Å². The summed E-state index contributed by atoms with van der Waals surface area (Å²) in [6.45, 7) is 2.37. The molecule has 2 heterocycles. The second-order valence-electron chi connectivity index (χ2n) is 3.66. The van der Waals surface area contributed by atoms with Gasteiger partial charge in [-0.2, -0.15) is 9.36 Å². The Kier molecular flexibility index (Phi) is 8.72. The number of hydrogen-bond donors (Lipinski definition) is 0. The molecule has 0 spiro atoms. The molecule has 0 aliphatic heterocycles. The van der Waals surface area contributed by atoms with Gasteiger partial charge in [0.25, 0.3) is 8.99 Å². The maximum Gasteiger partial charge on any atom is 0.293 e. The van der Waals surface area contributed by atoms with Crippen molar-refractivity contribution in [3.8, 4) is 5.19 Å². The molecule has 0 aliphatic rings. The number of pyridine rings is 1. The number of rotatable bonds is 2. The fourth-order valence-electron chi connectivity index (χ4n) is 1.07. The molecule has 0 aromatic carbocycles. The van der Waals surface area contributed by atoms with Gasteiger partial charge in [-0.1, -0.05) is 87.3 Å². The van der Waals surface area contributed by atoms with E-state index in [1.807, 2.05) is 6.92 Å². The van der Waals surface area contributed by atoms with Crippen LogP contribution in [0.4, 0.5) is 0 Å². The SMILES string of the molecule is CCOc1nc(C(Cl)(Cl)Cl)ns1.Clc1cccc(C(Cl)(Cl)Cl)n1. The van der Waals surface area contributed by atoms with E-state index in [9.17, 15) is 0 Å². The highest BCUT2D eigenvalue weighted by Gasteiger charge is 2.28. The topological polar surface area (TPSA) is 47.9 Å². The lowest BCUT2D eigenvalue weighted by atomic mass is 10.4. The Morgan fingerprint density at radius 1 is 1.04 bits per heavy atom. The first-order valence-electron chi connectivity index (χ1n) is 5.77. The van der Waals surface area contributed by atoms with Crippen molar-refractivity contribution in [2.75, 3.05) is 6.61 Å². The lowest BCUT2D eigenvalue weighted by molar-refractivity contribution is 0.337. The number of ether oxygens (including phenoxy) is 1. The van der Waals surface area contributed by atoms with Crippen molar-refractivity contribution in [2.24, 2.45) is 0 Å². The molecular formula is C11H8Cl7N3OS. The Bertz CT molecular complexity index is 627. The molecule has 0 amide bonds. The van der Waals surface area contributed by atoms with Gasteiger partial charge in [0.2, 0.25) is 3.79 Å². The largest absolute Gasteiger partial charge is 0.469 e. The van der Waals surface area contributed by atoms with Crippen molar-refractivity contribution in [3.63, 3.8) is 0 Å². The monoisotopic (exact) mass is 475 g/mol. The van der Waals surface area contributed by atoms with E-state index in [1.165, 1.54) is 0 Å². The lowest BCUT2D eigenvalue weighted by Crippen LogP contribution is -2.02. The zero-order valence-electron chi connectivity index (χ0n) is 11.2. The fourth-order valence-corrected chi connectivity index (χ4v) is 2.60. The standard InChI is InChI=1S/C6H3Cl4N.C5H5Cl3N2OS/c7-5-3-1-2-4(11-5)6(8,9)10;1-2-11-4-9-3(10-12-4)5(6,7)8/h1-3H;2H2,1H3. The Morgan fingerprint density at radius 3 is 2.09 bits per heavy atom. The van der Waals surface area contributed by atoms with E-state index < -0.39 is 7.59 Å². The van der Waals surface area contributed by atoms with Gasteiger partial charge in [-0.05, 0) is 19.1 Å². The molecule has 0 unspecified atom stereocenters. The van der Waals surface area contributed by atoms with Crippen molar-refractivity contribution in [3.05, 3.63) is 34.9 Å². The average Bonchev–Trinajstić information content (AvgIpc) is 2.88. The van der Waals surface area contributed by atoms with Crippen LogP contribution in [0.5, 0.6) is 5.19 Å². The Labute approximate surface area is 172 Å². The molecular weight excluding hydrogens is 470 g/mol. The van der Waals surface area contributed by atoms with Gasteiger partial charge in [-0.25, -0.2) is 4.98 Å². The molecule has 2 aromatic heterocycles. The molecule has 0 radical (unpaired) electrons. The number of nitrogens with zero attached hydrogens (tertiary/aromatic N) is 3. The molecule has 0 saturated heterocycles. The van der Waals surface area contributed by atoms with E-state index in [2.05, 4.69) is 14.3 Å². The van der Waals surface area contributed by atoms with Crippen molar-refractivity contribution >= 4 is 92.7 Å². The molecule has 4 nitrogen and oxygen atoms in total. The summed E-state index contributed by atoms with van der Waals surface area (Å²) in [5, 5.41) is 0.729. The van der Waals surface area contributed by atoms with Crippen molar-refractivity contribution in [2.45, 2.75) is 14.5 Å². The van der Waals surface area contributed by atoms with Crippen LogP contribution in [-0.4, -0.2) is 20.9 Å². The second-order valence-corrected chi connectivity index (χ2v) is 9.32. The van der Waals surface area contributed by atoms with Crippen LogP contribution >= 0.6 is 92.7 Å². The third-order valence-corrected chi connectivity index (χ3v) is 3.86. The van der Waals surface area contributed by atoms with Crippen LogP contribution in [0.15, 0.2) is 18.2 Å². The first kappa shape index (κ1) is 21.6. The Hall–Kier alpha value is 0.540. The summed E-state index contributed by atoms with van der Waals surface area (Å²) in [7, 11) is 0. The molecule has 0 fully saturated rings. The molecule has 128 valence electrons. The number of halogens is 7. The highest BCUT2D eigenvalue weighted by atomic mass is 35.6.